The molecule has 31 heavy (non-hydrogen) atoms. The van der Waals surface area contributed by atoms with Gasteiger partial charge < -0.3 is 10.1 Å². The Kier molecular flexibility index (Phi) is 7.07. The molecule has 0 aliphatic rings. The molecule has 0 unspecified atom stereocenters. The van der Waals surface area contributed by atoms with Crippen LogP contribution in [0, 0.1) is 0 Å². The highest BCUT2D eigenvalue weighted by Gasteiger charge is 2.21. The van der Waals surface area contributed by atoms with Crippen LogP contribution < -0.4 is 5.32 Å². The molecule has 0 saturated heterocycles. The molecule has 0 fully saturated rings. The van der Waals surface area contributed by atoms with Gasteiger partial charge in [-0.2, -0.15) is 5.10 Å². The summed E-state index contributed by atoms with van der Waals surface area (Å²) in [6.45, 7) is 5.76. The van der Waals surface area contributed by atoms with Gasteiger partial charge >= 0.3 is 5.97 Å². The van der Waals surface area contributed by atoms with Crippen molar-refractivity contribution in [2.75, 3.05) is 11.9 Å². The molecule has 0 bridgehead atoms. The predicted molar refractivity (Wildman–Crippen MR) is 125 cm³/mol. The molecule has 1 aromatic heterocycles. The molecule has 6 nitrogen and oxygen atoms in total. The number of benzene rings is 2. The Morgan fingerprint density at radius 1 is 1.10 bits per heavy atom. The van der Waals surface area contributed by atoms with Gasteiger partial charge in [-0.1, -0.05) is 67.0 Å². The number of rotatable bonds is 6. The van der Waals surface area contributed by atoms with E-state index < -0.39 is 18.5 Å². The second-order valence-electron chi connectivity index (χ2n) is 7.96. The molecule has 3 aromatic rings. The molecule has 2 aromatic carbocycles. The molecule has 1 N–H and O–H groups in total. The van der Waals surface area contributed by atoms with E-state index in [0.29, 0.717) is 5.82 Å². The Morgan fingerprint density at radius 2 is 1.84 bits per heavy atom. The number of esters is 1. The third-order valence-electron chi connectivity index (χ3n) is 4.35. The van der Waals surface area contributed by atoms with Gasteiger partial charge in [0.25, 0.3) is 5.91 Å². The fourth-order valence-corrected chi connectivity index (χ4v) is 3.16. The van der Waals surface area contributed by atoms with Crippen molar-refractivity contribution in [1.82, 2.24) is 9.78 Å². The summed E-state index contributed by atoms with van der Waals surface area (Å²) in [5.74, 6) is -0.523. The number of amides is 1. The molecule has 0 saturated carbocycles. The average Bonchev–Trinajstić information content (AvgIpc) is 3.16. The summed E-state index contributed by atoms with van der Waals surface area (Å²) in [4.78, 5) is 24.4. The fourth-order valence-electron chi connectivity index (χ4n) is 2.74. The van der Waals surface area contributed by atoms with Crippen LogP contribution in [0.15, 0.2) is 71.2 Å². The number of halogens is 1. The van der Waals surface area contributed by atoms with Gasteiger partial charge in [-0.3, -0.25) is 4.79 Å². The van der Waals surface area contributed by atoms with E-state index in [1.807, 2.05) is 60.7 Å². The van der Waals surface area contributed by atoms with E-state index >= 15 is 0 Å². The number of para-hydroxylation sites is 1. The highest BCUT2D eigenvalue weighted by atomic mass is 79.9. The Bertz CT molecular complexity index is 1100. The molecular formula is C24H24BrN3O3. The first kappa shape index (κ1) is 22.5. The molecule has 160 valence electrons. The Morgan fingerprint density at radius 3 is 2.52 bits per heavy atom. The maximum atomic E-state index is 12.4. The van der Waals surface area contributed by atoms with Gasteiger partial charge in [0.2, 0.25) is 0 Å². The molecule has 7 heteroatoms. The number of hydrogen-bond donors (Lipinski definition) is 1. The molecule has 3 rings (SSSR count). The first-order valence-corrected chi connectivity index (χ1v) is 10.6. The van der Waals surface area contributed by atoms with Crippen LogP contribution in [0.2, 0.25) is 0 Å². The Labute approximate surface area is 190 Å². The minimum Gasteiger partial charge on any atom is -0.452 e. The van der Waals surface area contributed by atoms with E-state index in [1.165, 1.54) is 6.08 Å². The monoisotopic (exact) mass is 481 g/mol. The van der Waals surface area contributed by atoms with Crippen molar-refractivity contribution in [3.63, 3.8) is 0 Å². The van der Waals surface area contributed by atoms with Crippen LogP contribution in [-0.2, 0) is 19.7 Å². The molecule has 0 spiro atoms. The van der Waals surface area contributed by atoms with Crippen molar-refractivity contribution >= 4 is 39.7 Å². The van der Waals surface area contributed by atoms with Gasteiger partial charge in [-0.05, 0) is 35.9 Å². The lowest BCUT2D eigenvalue weighted by Gasteiger charge is -2.14. The van der Waals surface area contributed by atoms with Crippen LogP contribution in [0.1, 0.15) is 32.0 Å². The second-order valence-corrected chi connectivity index (χ2v) is 8.87. The summed E-state index contributed by atoms with van der Waals surface area (Å²) in [6, 6.07) is 18.8. The predicted octanol–water partition coefficient (Wildman–Crippen LogP) is 5.13. The number of carbonyl (C=O) groups excluding carboxylic acids is 2. The highest BCUT2D eigenvalue weighted by Crippen LogP contribution is 2.26. The number of nitrogens with zero attached hydrogens (tertiary/aromatic N) is 2. The van der Waals surface area contributed by atoms with Gasteiger partial charge in [0.1, 0.15) is 5.82 Å². The van der Waals surface area contributed by atoms with E-state index in [1.54, 1.807) is 10.8 Å². The summed E-state index contributed by atoms with van der Waals surface area (Å²) in [5, 5.41) is 7.44. The van der Waals surface area contributed by atoms with E-state index in [-0.39, 0.29) is 5.41 Å². The Balaban J connectivity index is 1.66. The molecule has 1 heterocycles. The normalized spacial score (nSPS) is 11.5. The lowest BCUT2D eigenvalue weighted by molar-refractivity contribution is -0.142. The fraction of sp³-hybridized carbons (Fsp3) is 0.208. The van der Waals surface area contributed by atoms with Crippen LogP contribution in [0.25, 0.3) is 11.8 Å². The number of carbonyl (C=O) groups is 2. The van der Waals surface area contributed by atoms with Gasteiger partial charge in [-0.15, -0.1) is 0 Å². The van der Waals surface area contributed by atoms with Gasteiger partial charge in [0.05, 0.1) is 11.4 Å². The summed E-state index contributed by atoms with van der Waals surface area (Å²) < 4.78 is 7.65. The van der Waals surface area contributed by atoms with Crippen LogP contribution in [-0.4, -0.2) is 28.3 Å². The van der Waals surface area contributed by atoms with Crippen molar-refractivity contribution in [3.8, 4) is 5.69 Å². The number of aromatic nitrogens is 2. The number of nitrogens with one attached hydrogen (secondary N) is 1. The van der Waals surface area contributed by atoms with Crippen LogP contribution >= 0.6 is 15.9 Å². The molecular weight excluding hydrogens is 458 g/mol. The third-order valence-corrected chi connectivity index (χ3v) is 4.85. The summed E-state index contributed by atoms with van der Waals surface area (Å²) >= 11 is 3.38. The van der Waals surface area contributed by atoms with Crippen molar-refractivity contribution in [2.45, 2.75) is 26.2 Å². The third kappa shape index (κ3) is 6.39. The zero-order valence-corrected chi connectivity index (χ0v) is 19.2. The van der Waals surface area contributed by atoms with Crippen molar-refractivity contribution < 1.29 is 14.3 Å². The molecule has 0 radical (unpaired) electrons. The van der Waals surface area contributed by atoms with E-state index in [4.69, 9.17) is 4.74 Å². The van der Waals surface area contributed by atoms with Crippen LogP contribution in [0.3, 0.4) is 0 Å². The Hall–Kier alpha value is -3.19. The number of anilines is 1. The smallest absolute Gasteiger partial charge is 0.331 e. The minimum absolute atomic E-state index is 0.191. The highest BCUT2D eigenvalue weighted by molar-refractivity contribution is 9.10. The second kappa shape index (κ2) is 9.75. The number of ether oxygens (including phenoxy) is 1. The molecule has 0 atom stereocenters. The van der Waals surface area contributed by atoms with Crippen molar-refractivity contribution in [1.29, 1.82) is 0 Å². The van der Waals surface area contributed by atoms with Crippen LogP contribution in [0.4, 0.5) is 5.82 Å². The zero-order valence-electron chi connectivity index (χ0n) is 17.6. The minimum atomic E-state index is -0.595. The van der Waals surface area contributed by atoms with E-state index in [9.17, 15) is 9.59 Å². The van der Waals surface area contributed by atoms with Gasteiger partial charge in [0.15, 0.2) is 6.61 Å². The maximum Gasteiger partial charge on any atom is 0.331 e. The van der Waals surface area contributed by atoms with E-state index in [2.05, 4.69) is 47.1 Å². The topological polar surface area (TPSA) is 73.2 Å². The van der Waals surface area contributed by atoms with Crippen molar-refractivity contribution in [2.24, 2.45) is 0 Å². The van der Waals surface area contributed by atoms with Gasteiger partial charge in [-0.25, -0.2) is 9.48 Å². The quantitative estimate of drug-likeness (QED) is 0.391. The van der Waals surface area contributed by atoms with E-state index in [0.717, 1.165) is 21.4 Å². The first-order chi connectivity index (χ1) is 14.7. The zero-order chi connectivity index (χ0) is 22.4. The first-order valence-electron chi connectivity index (χ1n) is 9.78. The largest absolute Gasteiger partial charge is 0.452 e. The van der Waals surface area contributed by atoms with Crippen molar-refractivity contribution in [3.05, 3.63) is 82.5 Å². The molecule has 0 aliphatic carbocycles. The average molecular weight is 482 g/mol. The SMILES string of the molecule is CC(C)(C)c1cc(NC(=O)COC(=O)C=Cc2cccc(Br)c2)n(-c2ccccc2)n1. The summed E-state index contributed by atoms with van der Waals surface area (Å²) in [5.41, 5.74) is 2.31. The number of hydrogen-bond acceptors (Lipinski definition) is 4. The maximum absolute atomic E-state index is 12.4. The molecule has 1 amide bonds. The summed E-state index contributed by atoms with van der Waals surface area (Å²) in [7, 11) is 0. The van der Waals surface area contributed by atoms with Crippen LogP contribution in [0.5, 0.6) is 0 Å². The lowest BCUT2D eigenvalue weighted by atomic mass is 9.92. The lowest BCUT2D eigenvalue weighted by Crippen LogP contribution is -2.21. The molecule has 0 aliphatic heterocycles. The van der Waals surface area contributed by atoms with Gasteiger partial charge in [0, 0.05) is 22.0 Å². The summed E-state index contributed by atoms with van der Waals surface area (Å²) in [6.07, 6.45) is 2.92. The standard InChI is InChI=1S/C24H24BrN3O3/c1-24(2,3)20-15-21(28(27-20)19-10-5-4-6-11-19)26-22(29)16-31-23(30)13-12-17-8-7-9-18(25)14-17/h4-15H,16H2,1-3H3,(H,26,29).